The Hall–Kier alpha value is -2.08. The molecule has 5 saturated heterocycles. The third-order valence-electron chi connectivity index (χ3n) is 12.4. The highest BCUT2D eigenvalue weighted by molar-refractivity contribution is 5.92. The Balaban J connectivity index is 1.24. The smallest absolute Gasteiger partial charge is 0.309 e. The number of carbonyl (C=O) groups is 4. The summed E-state index contributed by atoms with van der Waals surface area (Å²) in [6, 6.07) is 0. The maximum atomic E-state index is 14.3. The molecule has 42 heavy (non-hydrogen) atoms. The van der Waals surface area contributed by atoms with E-state index < -0.39 is 82.0 Å². The van der Waals surface area contributed by atoms with E-state index in [4.69, 9.17) is 23.7 Å². The van der Waals surface area contributed by atoms with E-state index in [2.05, 4.69) is 0 Å². The number of Topliss-reactive ketones (excluding diaryl/α,β-unsaturated/α-hetero) is 1. The first-order valence-electron chi connectivity index (χ1n) is 15.4. The first-order valence-corrected chi connectivity index (χ1v) is 15.4. The van der Waals surface area contributed by atoms with Crippen molar-refractivity contribution in [2.45, 2.75) is 127 Å². The van der Waals surface area contributed by atoms with Crippen LogP contribution in [0.15, 0.2) is 0 Å². The Morgan fingerprint density at radius 3 is 2.48 bits per heavy atom. The lowest BCUT2D eigenvalue weighted by molar-refractivity contribution is -0.276. The molecule has 0 radical (unpaired) electrons. The molecule has 14 atom stereocenters. The molecule has 7 fully saturated rings. The summed E-state index contributed by atoms with van der Waals surface area (Å²) in [4.78, 5) is 51.3. The highest BCUT2D eigenvalue weighted by Crippen LogP contribution is 2.76. The number of ketones is 1. The van der Waals surface area contributed by atoms with Gasteiger partial charge in [-0.3, -0.25) is 19.2 Å². The fourth-order valence-electron chi connectivity index (χ4n) is 10.7. The van der Waals surface area contributed by atoms with E-state index in [9.17, 15) is 29.4 Å². The summed E-state index contributed by atoms with van der Waals surface area (Å²) in [7, 11) is 0. The molecule has 2 aliphatic carbocycles. The summed E-state index contributed by atoms with van der Waals surface area (Å²) >= 11 is 0. The molecular formula is C31H42O11. The Morgan fingerprint density at radius 2 is 1.83 bits per heavy atom. The summed E-state index contributed by atoms with van der Waals surface area (Å²) in [5.41, 5.74) is -4.08. The van der Waals surface area contributed by atoms with Crippen LogP contribution in [-0.2, 0) is 42.9 Å². The van der Waals surface area contributed by atoms with Crippen molar-refractivity contribution in [3.05, 3.63) is 0 Å². The van der Waals surface area contributed by atoms with Gasteiger partial charge in [0.2, 0.25) is 5.79 Å². The van der Waals surface area contributed by atoms with E-state index in [1.165, 1.54) is 6.92 Å². The van der Waals surface area contributed by atoms with Gasteiger partial charge in [-0.15, -0.1) is 0 Å². The molecule has 0 amide bonds. The van der Waals surface area contributed by atoms with E-state index >= 15 is 0 Å². The third kappa shape index (κ3) is 3.37. The number of aliphatic hydroxyl groups excluding tert-OH is 1. The predicted octanol–water partition coefficient (Wildman–Crippen LogP) is 1.83. The molecule has 2 N–H and O–H groups in total. The SMILES string of the molecule is CC(=O)OC(C1CC(C)C(=O)O1)C(C)C1C2[C@]1(C)CC[C@@]13O[C@]2(O)C(=O)C1CCC1C(C)(C)OC2CC(=O)O[C@@]21C3O. The Labute approximate surface area is 244 Å². The average molecular weight is 591 g/mol. The normalized spacial score (nSPS) is 53.0. The molecule has 0 aromatic heterocycles. The van der Waals surface area contributed by atoms with E-state index in [1.54, 1.807) is 6.92 Å². The largest absolute Gasteiger partial charge is 0.458 e. The standard InChI is InChI=1S/C31H42O11/c1-13-11-17(39-25(13)35)22(38-15(3)32)14(2)21-23-28(21,6)9-10-29-16(24(34)31(23,37)42-29)7-8-18-27(4,5)40-19-12-20(33)41-30(18,19)26(29)36/h13-14,16-19,21-23,26,36-37H,7-12H2,1-6H3/t13?,14?,16?,17?,18?,19?,21?,22?,23?,26?,28-,29-,30-,31+/m1/s1. The zero-order valence-corrected chi connectivity index (χ0v) is 25.1. The van der Waals surface area contributed by atoms with Crippen molar-refractivity contribution in [1.29, 1.82) is 0 Å². The van der Waals surface area contributed by atoms with Gasteiger partial charge in [0.1, 0.15) is 30.0 Å². The van der Waals surface area contributed by atoms with Crippen molar-refractivity contribution in [3.63, 3.8) is 0 Å². The van der Waals surface area contributed by atoms with Gasteiger partial charge >= 0.3 is 17.9 Å². The maximum absolute atomic E-state index is 14.3. The lowest BCUT2D eigenvalue weighted by Crippen LogP contribution is -2.63. The molecule has 232 valence electrons. The molecule has 5 aliphatic heterocycles. The first kappa shape index (κ1) is 28.7. The van der Waals surface area contributed by atoms with Gasteiger partial charge in [-0.2, -0.15) is 0 Å². The zero-order chi connectivity index (χ0) is 30.4. The minimum atomic E-state index is -2.17. The lowest BCUT2D eigenvalue weighted by atomic mass is 9.67. The zero-order valence-electron chi connectivity index (χ0n) is 25.1. The molecule has 0 aromatic rings. The van der Waals surface area contributed by atoms with Crippen LogP contribution in [0.2, 0.25) is 0 Å². The number of cyclic esters (lactones) is 1. The monoisotopic (exact) mass is 590 g/mol. The Kier molecular flexibility index (Phi) is 5.84. The van der Waals surface area contributed by atoms with Crippen molar-refractivity contribution in [1.82, 2.24) is 0 Å². The van der Waals surface area contributed by atoms with Gasteiger partial charge in [0, 0.05) is 31.1 Å². The van der Waals surface area contributed by atoms with Gasteiger partial charge in [0.05, 0.1) is 23.9 Å². The van der Waals surface area contributed by atoms with Crippen LogP contribution in [0.25, 0.3) is 0 Å². The van der Waals surface area contributed by atoms with Crippen LogP contribution in [0.3, 0.4) is 0 Å². The molecular weight excluding hydrogens is 548 g/mol. The van der Waals surface area contributed by atoms with E-state index in [1.807, 2.05) is 27.7 Å². The van der Waals surface area contributed by atoms with Gasteiger partial charge < -0.3 is 33.9 Å². The molecule has 11 nitrogen and oxygen atoms in total. The van der Waals surface area contributed by atoms with E-state index in [0.717, 1.165) is 0 Å². The predicted molar refractivity (Wildman–Crippen MR) is 141 cm³/mol. The van der Waals surface area contributed by atoms with Crippen LogP contribution in [0.1, 0.15) is 80.1 Å². The Morgan fingerprint density at radius 1 is 1.12 bits per heavy atom. The Bertz CT molecular complexity index is 1260. The minimum Gasteiger partial charge on any atom is -0.458 e. The number of rotatable bonds is 4. The lowest BCUT2D eigenvalue weighted by Gasteiger charge is -2.45. The summed E-state index contributed by atoms with van der Waals surface area (Å²) in [5, 5.41) is 24.5. The van der Waals surface area contributed by atoms with Crippen LogP contribution in [0.5, 0.6) is 0 Å². The summed E-state index contributed by atoms with van der Waals surface area (Å²) in [6.07, 6.45) is -1.37. The number of esters is 3. The number of hydrogen-bond donors (Lipinski definition) is 2. The second kappa shape index (κ2) is 8.55. The minimum absolute atomic E-state index is 0.0117. The molecule has 11 heteroatoms. The average Bonchev–Trinajstić information content (AvgIpc) is 2.99. The van der Waals surface area contributed by atoms with Crippen molar-refractivity contribution in [2.24, 2.45) is 40.9 Å². The van der Waals surface area contributed by atoms with Crippen molar-refractivity contribution in [2.75, 3.05) is 0 Å². The van der Waals surface area contributed by atoms with E-state index in [0.29, 0.717) is 25.7 Å². The topological polar surface area (TPSA) is 155 Å². The van der Waals surface area contributed by atoms with Gasteiger partial charge in [-0.05, 0) is 50.9 Å². The third-order valence-corrected chi connectivity index (χ3v) is 12.4. The summed E-state index contributed by atoms with van der Waals surface area (Å²) in [6.45, 7) is 10.8. The number of ether oxygens (including phenoxy) is 5. The maximum Gasteiger partial charge on any atom is 0.309 e. The van der Waals surface area contributed by atoms with Gasteiger partial charge in [-0.1, -0.05) is 20.8 Å². The second-order valence-electron chi connectivity index (χ2n) is 15.0. The van der Waals surface area contributed by atoms with Crippen LogP contribution < -0.4 is 0 Å². The molecule has 2 spiro atoms. The van der Waals surface area contributed by atoms with Crippen LogP contribution >= 0.6 is 0 Å². The number of aliphatic hydroxyl groups is 2. The van der Waals surface area contributed by atoms with Crippen molar-refractivity contribution >= 4 is 23.7 Å². The van der Waals surface area contributed by atoms with Crippen molar-refractivity contribution < 1.29 is 53.1 Å². The summed E-state index contributed by atoms with van der Waals surface area (Å²) < 4.78 is 30.2. The van der Waals surface area contributed by atoms with E-state index in [-0.39, 0.29) is 42.5 Å². The van der Waals surface area contributed by atoms with Crippen LogP contribution in [0, 0.1) is 40.9 Å². The molecule has 2 bridgehead atoms. The quantitative estimate of drug-likeness (QED) is 0.364. The molecule has 7 aliphatic rings. The number of fused-ring (bicyclic) bond motifs is 3. The first-order chi connectivity index (χ1) is 19.5. The van der Waals surface area contributed by atoms with Gasteiger partial charge in [0.25, 0.3) is 0 Å². The van der Waals surface area contributed by atoms with Gasteiger partial charge in [-0.25, -0.2) is 0 Å². The highest BCUT2D eigenvalue weighted by atomic mass is 16.7. The number of carbonyl (C=O) groups excluding carboxylic acids is 4. The highest BCUT2D eigenvalue weighted by Gasteiger charge is 2.85. The molecule has 7 rings (SSSR count). The molecule has 10 unspecified atom stereocenters. The molecule has 2 saturated carbocycles. The summed E-state index contributed by atoms with van der Waals surface area (Å²) in [5.74, 6) is -6.62. The van der Waals surface area contributed by atoms with Gasteiger partial charge in [0.15, 0.2) is 11.4 Å². The van der Waals surface area contributed by atoms with Crippen molar-refractivity contribution in [3.8, 4) is 0 Å². The van der Waals surface area contributed by atoms with Crippen LogP contribution in [0.4, 0.5) is 0 Å². The fraction of sp³-hybridized carbons (Fsp3) is 0.871. The number of hydrogen-bond acceptors (Lipinski definition) is 11. The second-order valence-corrected chi connectivity index (χ2v) is 15.0. The molecule has 0 aromatic carbocycles. The molecule has 5 heterocycles. The van der Waals surface area contributed by atoms with Crippen LogP contribution in [-0.4, -0.2) is 80.9 Å². The fourth-order valence-corrected chi connectivity index (χ4v) is 10.7.